The summed E-state index contributed by atoms with van der Waals surface area (Å²) < 4.78 is 1.42. The SMILES string of the molecule is CN(C)CC1CCN(C(=O)c2cnc3ccccn3c2=O)CC1. The Bertz CT molecular complexity index is 761. The molecule has 1 fully saturated rings. The molecule has 0 radical (unpaired) electrons. The van der Waals surface area contributed by atoms with E-state index < -0.39 is 0 Å². The average Bonchev–Trinajstić information content (AvgIpc) is 2.55. The van der Waals surface area contributed by atoms with Crippen LogP contribution in [0.4, 0.5) is 0 Å². The normalized spacial score (nSPS) is 16.2. The third-order valence-electron chi connectivity index (χ3n) is 4.37. The van der Waals surface area contributed by atoms with E-state index in [-0.39, 0.29) is 17.0 Å². The van der Waals surface area contributed by atoms with Crippen LogP contribution in [0.15, 0.2) is 35.4 Å². The van der Waals surface area contributed by atoms with Crippen LogP contribution in [0.5, 0.6) is 0 Å². The molecule has 0 unspecified atom stereocenters. The van der Waals surface area contributed by atoms with E-state index in [1.807, 2.05) is 6.07 Å². The van der Waals surface area contributed by atoms with Crippen LogP contribution in [-0.2, 0) is 0 Å². The van der Waals surface area contributed by atoms with Crippen LogP contribution in [0.2, 0.25) is 0 Å². The largest absolute Gasteiger partial charge is 0.338 e. The van der Waals surface area contributed by atoms with Crippen LogP contribution in [0.25, 0.3) is 5.65 Å². The number of carbonyl (C=O) groups excluding carboxylic acids is 1. The topological polar surface area (TPSA) is 57.9 Å². The lowest BCUT2D eigenvalue weighted by Crippen LogP contribution is -2.42. The van der Waals surface area contributed by atoms with Crippen molar-refractivity contribution in [1.82, 2.24) is 19.2 Å². The molecule has 0 spiro atoms. The maximum Gasteiger partial charge on any atom is 0.270 e. The van der Waals surface area contributed by atoms with Gasteiger partial charge in [0.1, 0.15) is 11.2 Å². The molecule has 0 aliphatic carbocycles. The smallest absolute Gasteiger partial charge is 0.270 e. The van der Waals surface area contributed by atoms with Crippen molar-refractivity contribution in [3.8, 4) is 0 Å². The highest BCUT2D eigenvalue weighted by molar-refractivity contribution is 5.93. The summed E-state index contributed by atoms with van der Waals surface area (Å²) in [5.41, 5.74) is 0.412. The Hall–Kier alpha value is -2.21. The van der Waals surface area contributed by atoms with Gasteiger partial charge in [-0.05, 0) is 45.0 Å². The number of hydrogen-bond donors (Lipinski definition) is 0. The fourth-order valence-electron chi connectivity index (χ4n) is 3.18. The van der Waals surface area contributed by atoms with Crippen LogP contribution >= 0.6 is 0 Å². The second-order valence-corrected chi connectivity index (χ2v) is 6.40. The zero-order valence-electron chi connectivity index (χ0n) is 13.6. The van der Waals surface area contributed by atoms with Crippen LogP contribution < -0.4 is 5.56 Å². The first-order valence-electron chi connectivity index (χ1n) is 7.96. The molecule has 2 aromatic heterocycles. The number of carbonyl (C=O) groups is 1. The molecular formula is C17H22N4O2. The molecule has 0 bridgehead atoms. The lowest BCUT2D eigenvalue weighted by atomic mass is 9.96. The second kappa shape index (κ2) is 6.50. The molecule has 122 valence electrons. The molecule has 3 heterocycles. The molecule has 23 heavy (non-hydrogen) atoms. The fraction of sp³-hybridized carbons (Fsp3) is 0.471. The van der Waals surface area contributed by atoms with Crippen molar-refractivity contribution in [2.24, 2.45) is 5.92 Å². The highest BCUT2D eigenvalue weighted by Gasteiger charge is 2.25. The molecule has 0 aromatic carbocycles. The molecule has 0 saturated carbocycles. The number of hydrogen-bond acceptors (Lipinski definition) is 4. The number of piperidine rings is 1. The molecule has 0 atom stereocenters. The Balaban J connectivity index is 1.77. The predicted octanol–water partition coefficient (Wildman–Crippen LogP) is 1.11. The van der Waals surface area contributed by atoms with E-state index in [1.54, 1.807) is 23.2 Å². The molecule has 1 amide bonds. The first-order valence-corrected chi connectivity index (χ1v) is 7.96. The minimum atomic E-state index is -0.295. The van der Waals surface area contributed by atoms with E-state index in [4.69, 9.17) is 0 Å². The molecule has 6 heteroatoms. The number of likely N-dealkylation sites (tertiary alicyclic amines) is 1. The molecule has 2 aromatic rings. The highest BCUT2D eigenvalue weighted by atomic mass is 16.2. The second-order valence-electron chi connectivity index (χ2n) is 6.40. The van der Waals surface area contributed by atoms with Crippen LogP contribution in [0.1, 0.15) is 23.2 Å². The van der Waals surface area contributed by atoms with Crippen LogP contribution in [0.3, 0.4) is 0 Å². The summed E-state index contributed by atoms with van der Waals surface area (Å²) in [7, 11) is 4.14. The summed E-state index contributed by atoms with van der Waals surface area (Å²) in [6.07, 6.45) is 5.01. The van der Waals surface area contributed by atoms with Gasteiger partial charge < -0.3 is 9.80 Å². The number of nitrogens with zero attached hydrogens (tertiary/aromatic N) is 4. The fourth-order valence-corrected chi connectivity index (χ4v) is 3.18. The van der Waals surface area contributed by atoms with E-state index >= 15 is 0 Å². The van der Waals surface area contributed by atoms with Gasteiger partial charge in [-0.25, -0.2) is 4.98 Å². The van der Waals surface area contributed by atoms with Gasteiger partial charge in [0.05, 0.1) is 0 Å². The monoisotopic (exact) mass is 314 g/mol. The Kier molecular flexibility index (Phi) is 4.43. The van der Waals surface area contributed by atoms with Gasteiger partial charge in [-0.3, -0.25) is 14.0 Å². The summed E-state index contributed by atoms with van der Waals surface area (Å²) in [6.45, 7) is 2.45. The maximum atomic E-state index is 12.7. The third kappa shape index (κ3) is 3.27. The Morgan fingerprint density at radius 2 is 2.04 bits per heavy atom. The summed E-state index contributed by atoms with van der Waals surface area (Å²) in [5, 5.41) is 0. The van der Waals surface area contributed by atoms with E-state index in [1.165, 1.54) is 10.6 Å². The Morgan fingerprint density at radius 3 is 2.74 bits per heavy atom. The number of pyridine rings is 1. The molecule has 3 rings (SSSR count). The van der Waals surface area contributed by atoms with Gasteiger partial charge in [-0.1, -0.05) is 6.07 Å². The van der Waals surface area contributed by atoms with Crippen molar-refractivity contribution < 1.29 is 4.79 Å². The Morgan fingerprint density at radius 1 is 1.30 bits per heavy atom. The van der Waals surface area contributed by atoms with Gasteiger partial charge in [0.2, 0.25) is 0 Å². The summed E-state index contributed by atoms with van der Waals surface area (Å²) in [4.78, 5) is 33.3. The Labute approximate surface area is 135 Å². The molecule has 1 aliphatic heterocycles. The number of fused-ring (bicyclic) bond motifs is 1. The van der Waals surface area contributed by atoms with Gasteiger partial charge in [0.15, 0.2) is 0 Å². The van der Waals surface area contributed by atoms with E-state index in [0.29, 0.717) is 24.7 Å². The molecule has 6 nitrogen and oxygen atoms in total. The summed E-state index contributed by atoms with van der Waals surface area (Å²) in [5.74, 6) is 0.411. The van der Waals surface area contributed by atoms with Gasteiger partial charge >= 0.3 is 0 Å². The van der Waals surface area contributed by atoms with E-state index in [0.717, 1.165) is 19.4 Å². The van der Waals surface area contributed by atoms with Gasteiger partial charge in [0.25, 0.3) is 11.5 Å². The lowest BCUT2D eigenvalue weighted by Gasteiger charge is -2.33. The van der Waals surface area contributed by atoms with Gasteiger partial charge in [-0.2, -0.15) is 0 Å². The van der Waals surface area contributed by atoms with Crippen molar-refractivity contribution >= 4 is 11.6 Å². The quantitative estimate of drug-likeness (QED) is 0.851. The summed E-state index contributed by atoms with van der Waals surface area (Å²) >= 11 is 0. The average molecular weight is 314 g/mol. The van der Waals surface area contributed by atoms with Crippen molar-refractivity contribution in [2.75, 3.05) is 33.7 Å². The lowest BCUT2D eigenvalue weighted by molar-refractivity contribution is 0.0675. The molecule has 0 N–H and O–H groups in total. The van der Waals surface area contributed by atoms with Crippen LogP contribution in [-0.4, -0.2) is 58.8 Å². The summed E-state index contributed by atoms with van der Waals surface area (Å²) in [6, 6.07) is 5.33. The van der Waals surface area contributed by atoms with E-state index in [9.17, 15) is 9.59 Å². The maximum absolute atomic E-state index is 12.7. The first-order chi connectivity index (χ1) is 11.1. The first kappa shape index (κ1) is 15.7. The van der Waals surface area contributed by atoms with E-state index in [2.05, 4.69) is 24.0 Å². The zero-order valence-corrected chi connectivity index (χ0v) is 13.6. The van der Waals surface area contributed by atoms with Crippen LogP contribution in [0, 0.1) is 5.92 Å². The van der Waals surface area contributed by atoms with Gasteiger partial charge in [-0.15, -0.1) is 0 Å². The number of amides is 1. The third-order valence-corrected chi connectivity index (χ3v) is 4.37. The predicted molar refractivity (Wildman–Crippen MR) is 88.6 cm³/mol. The van der Waals surface area contributed by atoms with Crippen molar-refractivity contribution in [3.05, 3.63) is 46.5 Å². The van der Waals surface area contributed by atoms with Gasteiger partial charge in [0, 0.05) is 32.0 Å². The standard InChI is InChI=1S/C17H22N4O2/c1-19(2)12-13-6-9-20(10-7-13)16(22)14-11-18-15-5-3-4-8-21(15)17(14)23/h3-5,8,11,13H,6-7,9-10,12H2,1-2H3. The molecule has 1 saturated heterocycles. The highest BCUT2D eigenvalue weighted by Crippen LogP contribution is 2.18. The number of aromatic nitrogens is 2. The van der Waals surface area contributed by atoms with Crippen molar-refractivity contribution in [1.29, 1.82) is 0 Å². The van der Waals surface area contributed by atoms with Crippen molar-refractivity contribution in [3.63, 3.8) is 0 Å². The minimum absolute atomic E-state index is 0.153. The zero-order chi connectivity index (χ0) is 16.4. The molecule has 1 aliphatic rings. The minimum Gasteiger partial charge on any atom is -0.338 e. The molecular weight excluding hydrogens is 292 g/mol. The number of rotatable bonds is 3. The van der Waals surface area contributed by atoms with Crippen molar-refractivity contribution in [2.45, 2.75) is 12.8 Å².